The first kappa shape index (κ1) is 18.6. The van der Waals surface area contributed by atoms with Crippen LogP contribution in [0.15, 0.2) is 41.5 Å². The van der Waals surface area contributed by atoms with Crippen molar-refractivity contribution in [2.75, 3.05) is 26.5 Å². The van der Waals surface area contributed by atoms with Gasteiger partial charge in [0.05, 0.1) is 25.0 Å². The van der Waals surface area contributed by atoms with Crippen molar-refractivity contribution in [1.82, 2.24) is 20.4 Å². The Bertz CT molecular complexity index is 735. The van der Waals surface area contributed by atoms with Gasteiger partial charge < -0.3 is 15.4 Å². The van der Waals surface area contributed by atoms with E-state index in [0.29, 0.717) is 11.3 Å². The summed E-state index contributed by atoms with van der Waals surface area (Å²) in [4.78, 5) is 4.32. The Morgan fingerprint density at radius 1 is 1.31 bits per heavy atom. The molecule has 1 aromatic heterocycles. The van der Waals surface area contributed by atoms with E-state index in [4.69, 9.17) is 4.74 Å². The van der Waals surface area contributed by atoms with Crippen molar-refractivity contribution in [2.45, 2.75) is 31.1 Å². The van der Waals surface area contributed by atoms with E-state index in [0.717, 1.165) is 29.6 Å². The number of hydrogen-bond acceptors (Lipinski definition) is 4. The van der Waals surface area contributed by atoms with Gasteiger partial charge in [0.15, 0.2) is 5.96 Å². The van der Waals surface area contributed by atoms with Crippen LogP contribution < -0.4 is 15.4 Å². The molecular formula is C19H27N5OS. The minimum absolute atomic E-state index is 0.313. The van der Waals surface area contributed by atoms with Gasteiger partial charge in [0.1, 0.15) is 5.75 Å². The van der Waals surface area contributed by atoms with Crippen molar-refractivity contribution < 1.29 is 4.74 Å². The van der Waals surface area contributed by atoms with E-state index < -0.39 is 0 Å². The molecule has 0 aliphatic carbocycles. The SMILES string of the molecule is CN=C(NCc1ccn(-c2ccc(OC)cc2)n1)NCC1(C)CCCS1. The van der Waals surface area contributed by atoms with Crippen LogP contribution in [-0.4, -0.2) is 46.9 Å². The standard InChI is InChI=1S/C19H27N5OS/c1-19(10-4-12-26-19)14-22-18(20-2)21-13-15-9-11-24(23-15)16-5-7-17(25-3)8-6-16/h5-9,11H,4,10,12-14H2,1-3H3,(H2,20,21,22). The molecule has 2 aromatic rings. The topological polar surface area (TPSA) is 63.5 Å². The predicted molar refractivity (Wildman–Crippen MR) is 108 cm³/mol. The summed E-state index contributed by atoms with van der Waals surface area (Å²) < 4.78 is 7.37. The fourth-order valence-electron chi connectivity index (χ4n) is 2.98. The number of aliphatic imine (C=N–C) groups is 1. The summed E-state index contributed by atoms with van der Waals surface area (Å²) in [5.74, 6) is 2.91. The predicted octanol–water partition coefficient (Wildman–Crippen LogP) is 2.83. The van der Waals surface area contributed by atoms with Crippen LogP contribution in [0.25, 0.3) is 5.69 Å². The Balaban J connectivity index is 1.53. The lowest BCUT2D eigenvalue weighted by molar-refractivity contribution is 0.414. The van der Waals surface area contributed by atoms with Gasteiger partial charge in [-0.3, -0.25) is 4.99 Å². The molecule has 0 spiro atoms. The number of methoxy groups -OCH3 is 1. The van der Waals surface area contributed by atoms with Gasteiger partial charge in [-0.2, -0.15) is 16.9 Å². The van der Waals surface area contributed by atoms with Crippen LogP contribution in [0.5, 0.6) is 5.75 Å². The van der Waals surface area contributed by atoms with Crippen LogP contribution in [0.2, 0.25) is 0 Å². The molecule has 7 heteroatoms. The number of nitrogens with zero attached hydrogens (tertiary/aromatic N) is 3. The normalized spacial score (nSPS) is 20.2. The molecule has 140 valence electrons. The highest BCUT2D eigenvalue weighted by molar-refractivity contribution is 8.00. The summed E-state index contributed by atoms with van der Waals surface area (Å²) in [7, 11) is 3.47. The van der Waals surface area contributed by atoms with Crippen molar-refractivity contribution in [3.05, 3.63) is 42.2 Å². The molecule has 0 radical (unpaired) electrons. The second-order valence-electron chi connectivity index (χ2n) is 6.63. The molecule has 3 rings (SSSR count). The van der Waals surface area contributed by atoms with E-state index in [1.54, 1.807) is 14.2 Å². The summed E-state index contributed by atoms with van der Waals surface area (Å²) in [5, 5.41) is 11.4. The maximum absolute atomic E-state index is 5.19. The van der Waals surface area contributed by atoms with Gasteiger partial charge >= 0.3 is 0 Å². The molecular weight excluding hydrogens is 346 g/mol. The highest BCUT2D eigenvalue weighted by Gasteiger charge is 2.29. The first-order chi connectivity index (χ1) is 12.6. The fourth-order valence-corrected chi connectivity index (χ4v) is 4.22. The largest absolute Gasteiger partial charge is 0.497 e. The van der Waals surface area contributed by atoms with Gasteiger partial charge in [-0.15, -0.1) is 0 Å². The van der Waals surface area contributed by atoms with Gasteiger partial charge in [0, 0.05) is 24.5 Å². The van der Waals surface area contributed by atoms with Gasteiger partial charge in [-0.25, -0.2) is 4.68 Å². The number of guanidine groups is 1. The van der Waals surface area contributed by atoms with E-state index in [9.17, 15) is 0 Å². The zero-order valence-electron chi connectivity index (χ0n) is 15.7. The maximum atomic E-state index is 5.19. The highest BCUT2D eigenvalue weighted by Crippen LogP contribution is 2.36. The summed E-state index contributed by atoms with van der Waals surface area (Å²) in [6, 6.07) is 9.86. The number of hydrogen-bond donors (Lipinski definition) is 2. The molecule has 2 N–H and O–H groups in total. The Morgan fingerprint density at radius 2 is 2.12 bits per heavy atom. The van der Waals surface area contributed by atoms with E-state index in [1.807, 2.05) is 53.0 Å². The number of ether oxygens (including phenoxy) is 1. The van der Waals surface area contributed by atoms with Crippen LogP contribution in [0.4, 0.5) is 0 Å². The minimum Gasteiger partial charge on any atom is -0.497 e. The first-order valence-electron chi connectivity index (χ1n) is 8.89. The molecule has 1 atom stereocenters. The fraction of sp³-hybridized carbons (Fsp3) is 0.474. The van der Waals surface area contributed by atoms with E-state index in [-0.39, 0.29) is 0 Å². The Labute approximate surface area is 159 Å². The molecule has 1 unspecified atom stereocenters. The lowest BCUT2D eigenvalue weighted by Crippen LogP contribution is -2.43. The third-order valence-electron chi connectivity index (χ3n) is 4.57. The summed E-state index contributed by atoms with van der Waals surface area (Å²) in [5.41, 5.74) is 1.97. The maximum Gasteiger partial charge on any atom is 0.191 e. The Kier molecular flexibility index (Phi) is 6.08. The summed E-state index contributed by atoms with van der Waals surface area (Å²) >= 11 is 2.05. The van der Waals surface area contributed by atoms with Crippen LogP contribution in [-0.2, 0) is 6.54 Å². The third-order valence-corrected chi connectivity index (χ3v) is 6.11. The Morgan fingerprint density at radius 3 is 2.77 bits per heavy atom. The van der Waals surface area contributed by atoms with Gasteiger partial charge in [-0.05, 0) is 55.9 Å². The Hall–Kier alpha value is -2.15. The lowest BCUT2D eigenvalue weighted by atomic mass is 10.1. The molecule has 1 saturated heterocycles. The first-order valence-corrected chi connectivity index (χ1v) is 9.88. The molecule has 26 heavy (non-hydrogen) atoms. The highest BCUT2D eigenvalue weighted by atomic mass is 32.2. The molecule has 1 aromatic carbocycles. The zero-order valence-corrected chi connectivity index (χ0v) is 16.5. The van der Waals surface area contributed by atoms with Crippen LogP contribution in [0.3, 0.4) is 0 Å². The number of aromatic nitrogens is 2. The van der Waals surface area contributed by atoms with Gasteiger partial charge in [0.2, 0.25) is 0 Å². The smallest absolute Gasteiger partial charge is 0.191 e. The second kappa shape index (κ2) is 8.49. The summed E-state index contributed by atoms with van der Waals surface area (Å²) in [6.07, 6.45) is 4.52. The zero-order chi connectivity index (χ0) is 18.4. The monoisotopic (exact) mass is 373 g/mol. The number of nitrogens with one attached hydrogen (secondary N) is 2. The van der Waals surface area contributed by atoms with E-state index in [1.165, 1.54) is 18.6 Å². The van der Waals surface area contributed by atoms with Crippen LogP contribution in [0.1, 0.15) is 25.5 Å². The molecule has 1 aliphatic heterocycles. The van der Waals surface area contributed by atoms with Gasteiger partial charge in [-0.1, -0.05) is 0 Å². The molecule has 1 aliphatic rings. The molecule has 6 nitrogen and oxygen atoms in total. The van der Waals surface area contributed by atoms with Crippen molar-refractivity contribution in [3.8, 4) is 11.4 Å². The number of rotatable bonds is 6. The minimum atomic E-state index is 0.313. The molecule has 0 bridgehead atoms. The second-order valence-corrected chi connectivity index (χ2v) is 8.31. The average Bonchev–Trinajstić information content (AvgIpc) is 3.32. The van der Waals surface area contributed by atoms with E-state index >= 15 is 0 Å². The molecule has 1 fully saturated rings. The van der Waals surface area contributed by atoms with Crippen molar-refractivity contribution in [3.63, 3.8) is 0 Å². The van der Waals surface area contributed by atoms with Gasteiger partial charge in [0.25, 0.3) is 0 Å². The van der Waals surface area contributed by atoms with Crippen molar-refractivity contribution in [1.29, 1.82) is 0 Å². The number of benzene rings is 1. The summed E-state index contributed by atoms with van der Waals surface area (Å²) in [6.45, 7) is 3.88. The van der Waals surface area contributed by atoms with Crippen molar-refractivity contribution in [2.24, 2.45) is 4.99 Å². The quantitative estimate of drug-likeness (QED) is 0.602. The lowest BCUT2D eigenvalue weighted by Gasteiger charge is -2.24. The number of thioether (sulfide) groups is 1. The average molecular weight is 374 g/mol. The molecule has 2 heterocycles. The van der Waals surface area contributed by atoms with E-state index in [2.05, 4.69) is 27.6 Å². The molecule has 0 amide bonds. The van der Waals surface area contributed by atoms with Crippen LogP contribution >= 0.6 is 11.8 Å². The van der Waals surface area contributed by atoms with Crippen molar-refractivity contribution >= 4 is 17.7 Å². The third kappa shape index (κ3) is 4.72. The molecule has 0 saturated carbocycles. The van der Waals surface area contributed by atoms with Crippen LogP contribution in [0, 0.1) is 0 Å².